The lowest BCUT2D eigenvalue weighted by Crippen LogP contribution is -2.55. The first-order valence-corrected chi connectivity index (χ1v) is 21.3. The summed E-state index contributed by atoms with van der Waals surface area (Å²) in [6.07, 6.45) is 0. The molecule has 0 aliphatic rings. The smallest absolute Gasteiger partial charge is 0.143 e. The molecule has 1 aromatic heterocycles. The van der Waals surface area contributed by atoms with Crippen LogP contribution in [0.5, 0.6) is 0 Å². The van der Waals surface area contributed by atoms with E-state index in [0.29, 0.717) is 0 Å². The minimum atomic E-state index is 1.01. The third-order valence-electron chi connectivity index (χ3n) is 16.1. The van der Waals surface area contributed by atoms with Gasteiger partial charge in [0.15, 0.2) is 0 Å². The van der Waals surface area contributed by atoms with Gasteiger partial charge in [0.1, 0.15) is 160 Å². The van der Waals surface area contributed by atoms with Gasteiger partial charge in [-0.3, -0.25) is 0 Å². The van der Waals surface area contributed by atoms with E-state index < -0.39 is 0 Å². The molecule has 0 atom stereocenters. The molecule has 0 radical (unpaired) electrons. The van der Waals surface area contributed by atoms with E-state index in [4.69, 9.17) is 4.42 Å². The molecule has 0 aliphatic carbocycles. The number of fused-ring (bicyclic) bond motifs is 5. The third kappa shape index (κ3) is 5.44. The summed E-state index contributed by atoms with van der Waals surface area (Å²) in [6, 6.07) is 12.0. The predicted octanol–water partition coefficient (Wildman–Crippen LogP) is -22.2. The van der Waals surface area contributed by atoms with Gasteiger partial charge >= 0.3 is 0 Å². The van der Waals surface area contributed by atoms with Gasteiger partial charge in [-0.15, -0.1) is 43.7 Å². The standard InChI is InChI=1S/C38H43B19O/c39-18-8(5-9-11-19(40)26(47)34(55)36(57)38(11)58-37(9)35(18)56)6-1-3-7(4-2-6)10-13-15(22(43)29(50)27(48)20(13)41)12(16-14(10)21(42)28(49)30(51)23(16)44)17-24(45)31(52)33(54)32(53)25(17)46/h1-5H,39-57H2. The Bertz CT molecular complexity index is 3100. The molecule has 8 rings (SSSR count). The SMILES string of the molecule is Bc1c(B)c(B)c(-c2c3c(B)c(B)c(B)c(B)c3c(-c3ccc(-c4cc5c(oc6c(B)c(B)c(B)c(B)c65)c(B)c4B)cc3)c3c(B)c(B)c(B)c(B)c23)c(B)c1B. The topological polar surface area (TPSA) is 13.1 Å². The molecule has 0 spiro atoms. The molecule has 0 saturated heterocycles. The minimum absolute atomic E-state index is 1.01. The Balaban J connectivity index is 1.50. The first kappa shape index (κ1) is 40.9. The summed E-state index contributed by atoms with van der Waals surface area (Å²) < 4.78 is 6.71. The van der Waals surface area contributed by atoms with Crippen LogP contribution in [0.1, 0.15) is 0 Å². The van der Waals surface area contributed by atoms with Crippen molar-refractivity contribution in [1.29, 1.82) is 0 Å². The van der Waals surface area contributed by atoms with Gasteiger partial charge in [-0.05, 0) is 61.0 Å². The zero-order valence-corrected chi connectivity index (χ0v) is 38.8. The molecule has 8 aromatic rings. The molecule has 0 bridgehead atoms. The van der Waals surface area contributed by atoms with E-state index >= 15 is 0 Å². The van der Waals surface area contributed by atoms with Gasteiger partial charge in [-0.2, -0.15) is 0 Å². The second kappa shape index (κ2) is 14.1. The van der Waals surface area contributed by atoms with Crippen molar-refractivity contribution in [3.63, 3.8) is 0 Å². The molecule has 0 fully saturated rings. The van der Waals surface area contributed by atoms with Crippen molar-refractivity contribution < 1.29 is 4.42 Å². The molecule has 0 aliphatic heterocycles. The van der Waals surface area contributed by atoms with E-state index in [9.17, 15) is 0 Å². The van der Waals surface area contributed by atoms with Crippen LogP contribution in [0, 0.1) is 0 Å². The highest BCUT2D eigenvalue weighted by Crippen LogP contribution is 2.40. The Morgan fingerprint density at radius 2 is 0.586 bits per heavy atom. The van der Waals surface area contributed by atoms with Crippen LogP contribution >= 0.6 is 0 Å². The maximum Gasteiger partial charge on any atom is 0.143 e. The zero-order valence-electron chi connectivity index (χ0n) is 38.8. The Morgan fingerprint density at radius 3 is 1.03 bits per heavy atom. The van der Waals surface area contributed by atoms with Gasteiger partial charge < -0.3 is 4.42 Å². The van der Waals surface area contributed by atoms with Gasteiger partial charge in [-0.25, -0.2) is 0 Å². The van der Waals surface area contributed by atoms with E-state index in [1.54, 1.807) is 0 Å². The molecule has 258 valence electrons. The van der Waals surface area contributed by atoms with Gasteiger partial charge in [0.25, 0.3) is 0 Å². The summed E-state index contributed by atoms with van der Waals surface area (Å²) in [5.41, 5.74) is 35.9. The molecule has 0 unspecified atom stereocenters. The average Bonchev–Trinajstić information content (AvgIpc) is 3.61. The maximum absolute atomic E-state index is 6.71. The van der Waals surface area contributed by atoms with Crippen LogP contribution in [-0.2, 0) is 0 Å². The quantitative estimate of drug-likeness (QED) is 0.131. The van der Waals surface area contributed by atoms with Crippen molar-refractivity contribution in [3.8, 4) is 33.4 Å². The molecule has 7 aromatic carbocycles. The lowest BCUT2D eigenvalue weighted by molar-refractivity contribution is 0.675. The van der Waals surface area contributed by atoms with E-state index in [-0.39, 0.29) is 0 Å². The fourth-order valence-corrected chi connectivity index (χ4v) is 10.7. The molecule has 0 saturated carbocycles. The summed E-state index contributed by atoms with van der Waals surface area (Å²) in [5.74, 6) is 0. The normalized spacial score (nSPS) is 11.7. The fourth-order valence-electron chi connectivity index (χ4n) is 10.7. The van der Waals surface area contributed by atoms with Crippen LogP contribution in [0.25, 0.3) is 76.9 Å². The molecule has 1 nitrogen and oxygen atoms in total. The van der Waals surface area contributed by atoms with Crippen molar-refractivity contribution in [2.45, 2.75) is 0 Å². The van der Waals surface area contributed by atoms with Crippen molar-refractivity contribution in [1.82, 2.24) is 0 Å². The molecule has 58 heavy (non-hydrogen) atoms. The summed E-state index contributed by atoms with van der Waals surface area (Å²) in [7, 11) is 43.9. The molecule has 0 N–H and O–H groups in total. The lowest BCUT2D eigenvalue weighted by atomic mass is 9.56. The first-order valence-electron chi connectivity index (χ1n) is 21.3. The second-order valence-electron chi connectivity index (χ2n) is 18.2. The molecular formula is C38H43B19O. The predicted molar refractivity (Wildman–Crippen MR) is 320 cm³/mol. The number of hydrogen-bond donors (Lipinski definition) is 0. The van der Waals surface area contributed by atoms with Crippen molar-refractivity contribution >= 4 is 296 Å². The lowest BCUT2D eigenvalue weighted by Gasteiger charge is -2.30. The Morgan fingerprint density at radius 1 is 0.259 bits per heavy atom. The second-order valence-corrected chi connectivity index (χ2v) is 18.2. The van der Waals surface area contributed by atoms with Crippen LogP contribution in [0.3, 0.4) is 0 Å². The summed E-state index contributed by atoms with van der Waals surface area (Å²) in [5, 5.41) is 8.08. The highest BCUT2D eigenvalue weighted by molar-refractivity contribution is 6.74. The van der Waals surface area contributed by atoms with Crippen LogP contribution < -0.4 is 104 Å². The number of furan rings is 1. The maximum atomic E-state index is 6.71. The fraction of sp³-hybridized carbons (Fsp3) is 0. The highest BCUT2D eigenvalue weighted by atomic mass is 16.3. The van der Waals surface area contributed by atoms with Crippen molar-refractivity contribution in [2.24, 2.45) is 0 Å². The van der Waals surface area contributed by atoms with E-state index in [1.165, 1.54) is 169 Å². The third-order valence-corrected chi connectivity index (χ3v) is 16.1. The molecule has 1 heterocycles. The Kier molecular flexibility index (Phi) is 9.93. The monoisotopic (exact) mass is 725 g/mol. The van der Waals surface area contributed by atoms with Crippen LogP contribution in [0.2, 0.25) is 0 Å². The molecular weight excluding hydrogens is 678 g/mol. The highest BCUT2D eigenvalue weighted by Gasteiger charge is 2.27. The van der Waals surface area contributed by atoms with Crippen molar-refractivity contribution in [2.75, 3.05) is 0 Å². The molecule has 0 amide bonds. The number of hydrogen-bond acceptors (Lipinski definition) is 1. The number of rotatable bonds is 3. The van der Waals surface area contributed by atoms with Gasteiger partial charge in [0.2, 0.25) is 0 Å². The van der Waals surface area contributed by atoms with Crippen LogP contribution in [0.15, 0.2) is 34.7 Å². The molecule has 20 heteroatoms. The summed E-state index contributed by atoms with van der Waals surface area (Å²) in [6.45, 7) is 0. The minimum Gasteiger partial charge on any atom is -0.457 e. The van der Waals surface area contributed by atoms with Crippen LogP contribution in [0.4, 0.5) is 0 Å². The summed E-state index contributed by atoms with van der Waals surface area (Å²) in [4.78, 5) is 0. The van der Waals surface area contributed by atoms with Crippen LogP contribution in [-0.4, -0.2) is 149 Å². The Hall–Kier alpha value is -3.91. The Labute approximate surface area is 362 Å². The zero-order chi connectivity index (χ0) is 42.3. The van der Waals surface area contributed by atoms with E-state index in [1.807, 2.05) is 0 Å². The first-order chi connectivity index (χ1) is 27.2. The average molecular weight is 721 g/mol. The van der Waals surface area contributed by atoms with Gasteiger partial charge in [0.05, 0.1) is 0 Å². The van der Waals surface area contributed by atoms with E-state index in [2.05, 4.69) is 179 Å². The number of benzene rings is 7. The van der Waals surface area contributed by atoms with Gasteiger partial charge in [-0.1, -0.05) is 84.4 Å². The van der Waals surface area contributed by atoms with Gasteiger partial charge in [0, 0.05) is 10.8 Å². The van der Waals surface area contributed by atoms with Crippen molar-refractivity contribution in [3.05, 3.63) is 30.3 Å². The summed E-state index contributed by atoms with van der Waals surface area (Å²) >= 11 is 0. The largest absolute Gasteiger partial charge is 0.457 e. The van der Waals surface area contributed by atoms with E-state index in [0.717, 1.165) is 11.2 Å².